The summed E-state index contributed by atoms with van der Waals surface area (Å²) >= 11 is 2.05. The van der Waals surface area contributed by atoms with Crippen LogP contribution in [-0.2, 0) is 4.74 Å². The van der Waals surface area contributed by atoms with E-state index < -0.39 is 0 Å². The van der Waals surface area contributed by atoms with Crippen molar-refractivity contribution < 1.29 is 9.47 Å². The van der Waals surface area contributed by atoms with E-state index in [1.165, 1.54) is 23.5 Å². The number of ether oxygens (including phenoxy) is 2. The van der Waals surface area contributed by atoms with E-state index >= 15 is 0 Å². The minimum Gasteiger partial charge on any atom is -0.489 e. The number of rotatable bonds is 7. The average Bonchev–Trinajstić information content (AvgIpc) is 3.19. The quantitative estimate of drug-likeness (QED) is 0.319. The van der Waals surface area contributed by atoms with Gasteiger partial charge in [0.25, 0.3) is 0 Å². The highest BCUT2D eigenvalue weighted by Crippen LogP contribution is 2.33. The molecule has 3 rings (SSSR count). The van der Waals surface area contributed by atoms with Crippen molar-refractivity contribution in [2.24, 2.45) is 4.99 Å². The molecular weight excluding hydrogens is 499 g/mol. The third kappa shape index (κ3) is 7.18. The lowest BCUT2D eigenvalue weighted by Crippen LogP contribution is -2.60. The molecule has 164 valence electrons. The molecule has 1 aromatic rings. The lowest BCUT2D eigenvalue weighted by atomic mass is 9.95. The second-order valence-electron chi connectivity index (χ2n) is 7.68. The number of benzene rings is 1. The van der Waals surface area contributed by atoms with Crippen LogP contribution in [0.3, 0.4) is 0 Å². The predicted octanol–water partition coefficient (Wildman–Crippen LogP) is 2.75. The molecule has 2 unspecified atom stereocenters. The van der Waals surface area contributed by atoms with Crippen LogP contribution in [0.5, 0.6) is 5.75 Å². The Morgan fingerprint density at radius 1 is 1.34 bits per heavy atom. The van der Waals surface area contributed by atoms with E-state index in [1.54, 1.807) is 0 Å². The van der Waals surface area contributed by atoms with Crippen molar-refractivity contribution in [1.82, 2.24) is 15.5 Å². The second-order valence-corrected chi connectivity index (χ2v) is 8.78. The summed E-state index contributed by atoms with van der Waals surface area (Å²) in [6.45, 7) is 9.49. The zero-order chi connectivity index (χ0) is 19.8. The molecule has 2 aliphatic heterocycles. The molecule has 0 saturated carbocycles. The van der Waals surface area contributed by atoms with E-state index in [-0.39, 0.29) is 35.6 Å². The van der Waals surface area contributed by atoms with E-state index in [0.29, 0.717) is 6.54 Å². The largest absolute Gasteiger partial charge is 0.489 e. The number of hydrogen-bond donors (Lipinski definition) is 2. The van der Waals surface area contributed by atoms with Crippen LogP contribution in [0.1, 0.15) is 18.9 Å². The fourth-order valence-corrected chi connectivity index (χ4v) is 5.28. The number of morpholine rings is 1. The highest BCUT2D eigenvalue weighted by Gasteiger charge is 2.40. The lowest BCUT2D eigenvalue weighted by molar-refractivity contribution is -0.0120. The third-order valence-corrected chi connectivity index (χ3v) is 6.69. The molecule has 0 bridgehead atoms. The molecule has 2 saturated heterocycles. The Morgan fingerprint density at radius 2 is 2.14 bits per heavy atom. The minimum absolute atomic E-state index is 0. The molecule has 1 aromatic carbocycles. The van der Waals surface area contributed by atoms with E-state index in [9.17, 15) is 0 Å². The van der Waals surface area contributed by atoms with Crippen molar-refractivity contribution in [3.05, 3.63) is 29.8 Å². The van der Waals surface area contributed by atoms with Crippen LogP contribution in [0.4, 0.5) is 0 Å². The van der Waals surface area contributed by atoms with Crippen LogP contribution in [0.2, 0.25) is 0 Å². The highest BCUT2D eigenvalue weighted by atomic mass is 127. The normalized spacial score (nSPS) is 23.9. The number of aliphatic imine (C=N–C) groups is 1. The smallest absolute Gasteiger partial charge is 0.191 e. The predicted molar refractivity (Wildman–Crippen MR) is 133 cm³/mol. The van der Waals surface area contributed by atoms with E-state index in [2.05, 4.69) is 58.3 Å². The Hall–Kier alpha value is -0.710. The van der Waals surface area contributed by atoms with Crippen molar-refractivity contribution in [2.45, 2.75) is 31.9 Å². The molecule has 2 fully saturated rings. The monoisotopic (exact) mass is 534 g/mol. The Kier molecular flexibility index (Phi) is 10.3. The summed E-state index contributed by atoms with van der Waals surface area (Å²) < 4.78 is 11.6. The van der Waals surface area contributed by atoms with Gasteiger partial charge in [0.15, 0.2) is 5.96 Å². The fourth-order valence-electron chi connectivity index (χ4n) is 3.81. The molecule has 29 heavy (non-hydrogen) atoms. The molecule has 2 N–H and O–H groups in total. The first-order valence-electron chi connectivity index (χ1n) is 10.2. The summed E-state index contributed by atoms with van der Waals surface area (Å²) in [5.41, 5.74) is 1.41. The first-order valence-corrected chi connectivity index (χ1v) is 11.4. The molecule has 0 spiro atoms. The van der Waals surface area contributed by atoms with Crippen LogP contribution in [0.15, 0.2) is 29.3 Å². The number of aryl methyl sites for hydroxylation is 1. The van der Waals surface area contributed by atoms with Crippen molar-refractivity contribution in [1.29, 1.82) is 0 Å². The molecule has 0 radical (unpaired) electrons. The molecule has 6 nitrogen and oxygen atoms in total. The first-order chi connectivity index (χ1) is 13.6. The van der Waals surface area contributed by atoms with Crippen LogP contribution in [0, 0.1) is 6.92 Å². The zero-order valence-electron chi connectivity index (χ0n) is 17.8. The number of nitrogens with one attached hydrogen (secondary N) is 2. The van der Waals surface area contributed by atoms with E-state index in [0.717, 1.165) is 44.6 Å². The zero-order valence-corrected chi connectivity index (χ0v) is 20.9. The lowest BCUT2D eigenvalue weighted by Gasteiger charge is -2.43. The van der Waals surface area contributed by atoms with Gasteiger partial charge in [-0.3, -0.25) is 9.89 Å². The standard InChI is InChI=1S/C21H34N4O2S.HI/c1-17-5-4-6-19(13-17)27-18(2)14-23-20(22-3)24-15-21(7-12-28-16-21)25-8-10-26-11-9-25;/h4-6,13,18H,7-12,14-16H2,1-3H3,(H2,22,23,24);1H. The van der Waals surface area contributed by atoms with Gasteiger partial charge < -0.3 is 20.1 Å². The van der Waals surface area contributed by atoms with Gasteiger partial charge in [-0.2, -0.15) is 11.8 Å². The molecular formula is C21H35IN4O2S. The SMILES string of the molecule is CN=C(NCC(C)Oc1cccc(C)c1)NCC1(N2CCOCC2)CCSC1.I. The van der Waals surface area contributed by atoms with Crippen molar-refractivity contribution in [2.75, 3.05) is 57.9 Å². The van der Waals surface area contributed by atoms with Gasteiger partial charge in [-0.1, -0.05) is 12.1 Å². The molecule has 2 atom stereocenters. The maximum atomic E-state index is 6.01. The van der Waals surface area contributed by atoms with E-state index in [1.807, 2.05) is 19.2 Å². The van der Waals surface area contributed by atoms with Crippen molar-refractivity contribution in [3.63, 3.8) is 0 Å². The number of hydrogen-bond acceptors (Lipinski definition) is 5. The van der Waals surface area contributed by atoms with Crippen LogP contribution < -0.4 is 15.4 Å². The van der Waals surface area contributed by atoms with Crippen LogP contribution in [-0.4, -0.2) is 80.4 Å². The number of nitrogens with zero attached hydrogens (tertiary/aromatic N) is 2. The van der Waals surface area contributed by atoms with Gasteiger partial charge in [-0.05, 0) is 43.7 Å². The van der Waals surface area contributed by atoms with Gasteiger partial charge in [0.2, 0.25) is 0 Å². The van der Waals surface area contributed by atoms with Gasteiger partial charge in [-0.15, -0.1) is 24.0 Å². The summed E-state index contributed by atoms with van der Waals surface area (Å²) in [6.07, 6.45) is 1.27. The summed E-state index contributed by atoms with van der Waals surface area (Å²) in [7, 11) is 1.83. The summed E-state index contributed by atoms with van der Waals surface area (Å²) in [5, 5.41) is 6.98. The van der Waals surface area contributed by atoms with E-state index in [4.69, 9.17) is 9.47 Å². The Morgan fingerprint density at radius 3 is 2.79 bits per heavy atom. The highest BCUT2D eigenvalue weighted by molar-refractivity contribution is 14.0. The maximum absolute atomic E-state index is 6.01. The first kappa shape index (κ1) is 24.6. The molecule has 2 heterocycles. The van der Waals surface area contributed by atoms with Gasteiger partial charge >= 0.3 is 0 Å². The summed E-state index contributed by atoms with van der Waals surface area (Å²) in [5.74, 6) is 4.15. The third-order valence-electron chi connectivity index (χ3n) is 5.46. The van der Waals surface area contributed by atoms with Gasteiger partial charge in [-0.25, -0.2) is 0 Å². The van der Waals surface area contributed by atoms with Crippen LogP contribution in [0.25, 0.3) is 0 Å². The molecule has 0 aliphatic carbocycles. The van der Waals surface area contributed by atoms with Gasteiger partial charge in [0.1, 0.15) is 11.9 Å². The fraction of sp³-hybridized carbons (Fsp3) is 0.667. The molecule has 0 amide bonds. The van der Waals surface area contributed by atoms with Crippen LogP contribution >= 0.6 is 35.7 Å². The van der Waals surface area contributed by atoms with Crippen molar-refractivity contribution >= 4 is 41.7 Å². The maximum Gasteiger partial charge on any atom is 0.191 e. The summed E-state index contributed by atoms with van der Waals surface area (Å²) in [4.78, 5) is 7.02. The molecule has 2 aliphatic rings. The number of guanidine groups is 1. The Balaban J connectivity index is 0.00000300. The second kappa shape index (κ2) is 12.2. The van der Waals surface area contributed by atoms with Gasteiger partial charge in [0.05, 0.1) is 19.8 Å². The molecule has 0 aromatic heterocycles. The topological polar surface area (TPSA) is 58.1 Å². The minimum atomic E-state index is 0. The Labute approximate surface area is 196 Å². The van der Waals surface area contributed by atoms with Gasteiger partial charge in [0, 0.05) is 38.0 Å². The molecule has 8 heteroatoms. The number of thioether (sulfide) groups is 1. The number of halogens is 1. The van der Waals surface area contributed by atoms with Crippen molar-refractivity contribution in [3.8, 4) is 5.75 Å². The Bertz CT molecular complexity index is 649. The average molecular weight is 535 g/mol. The summed E-state index contributed by atoms with van der Waals surface area (Å²) in [6, 6.07) is 8.16.